The van der Waals surface area contributed by atoms with Gasteiger partial charge in [0, 0.05) is 0 Å². The summed E-state index contributed by atoms with van der Waals surface area (Å²) in [6.45, 7) is -0.508. The van der Waals surface area contributed by atoms with Crippen LogP contribution in [0.4, 0.5) is 0 Å². The summed E-state index contributed by atoms with van der Waals surface area (Å²) in [5, 5.41) is 0. The van der Waals surface area contributed by atoms with Gasteiger partial charge in [0.15, 0.2) is 0 Å². The predicted octanol–water partition coefficient (Wildman–Crippen LogP) is -0.684. The maximum Gasteiger partial charge on any atom is 0.234 e. The summed E-state index contributed by atoms with van der Waals surface area (Å²) in [6, 6.07) is 0. The molecule has 8 nitrogen and oxygen atoms in total. The van der Waals surface area contributed by atoms with Crippen molar-refractivity contribution in [3.05, 3.63) is 0 Å². The second kappa shape index (κ2) is 8.80. The highest BCUT2D eigenvalue weighted by Gasteiger charge is 2.30. The molecule has 0 aromatic rings. The molecule has 0 aliphatic heterocycles. The largest absolute Gasteiger partial charge is 0.234 e. The van der Waals surface area contributed by atoms with Crippen molar-refractivity contribution in [2.24, 2.45) is 25.4 Å². The minimum atomic E-state index is -1.01. The van der Waals surface area contributed by atoms with Gasteiger partial charge in [0.05, 0.1) is 31.6 Å². The normalized spacial score (nSPS) is 11.8. The Labute approximate surface area is 95.9 Å². The molecule has 0 bridgehead atoms. The Balaban J connectivity index is 5.12. The molecule has 0 rings (SSSR count). The fourth-order valence-electron chi connectivity index (χ4n) is 1.10. The van der Waals surface area contributed by atoms with E-state index in [4.69, 9.17) is 0 Å². The van der Waals surface area contributed by atoms with Gasteiger partial charge in [0.25, 0.3) is 0 Å². The van der Waals surface area contributed by atoms with Gasteiger partial charge in [-0.05, 0) is 0 Å². The highest BCUT2D eigenvalue weighted by Crippen LogP contribution is 2.19. The lowest BCUT2D eigenvalue weighted by molar-refractivity contribution is 0.334. The third-order valence-corrected chi connectivity index (χ3v) is 1.92. The van der Waals surface area contributed by atoms with Crippen LogP contribution >= 0.6 is 0 Å². The van der Waals surface area contributed by atoms with E-state index in [1.165, 1.54) is 24.3 Å². The summed E-state index contributed by atoms with van der Waals surface area (Å²) in [4.78, 5) is 53.5. The first-order valence-electron chi connectivity index (χ1n) is 4.39. The van der Waals surface area contributed by atoms with Gasteiger partial charge in [-0.1, -0.05) is 0 Å². The molecular formula is C9H8N4O4. The molecule has 88 valence electrons. The SMILES string of the molecule is O=C=NCC(CN=C=O)(CN=C=O)CN=C=O. The number of carbonyl (C=O) groups excluding carboxylic acids is 4. The maximum absolute atomic E-state index is 10.1. The van der Waals surface area contributed by atoms with E-state index in [0.29, 0.717) is 0 Å². The highest BCUT2D eigenvalue weighted by atomic mass is 16.1. The van der Waals surface area contributed by atoms with Crippen LogP contribution in [0.2, 0.25) is 0 Å². The van der Waals surface area contributed by atoms with Crippen molar-refractivity contribution in [2.75, 3.05) is 26.2 Å². The average molecular weight is 236 g/mol. The van der Waals surface area contributed by atoms with Crippen LogP contribution in [-0.2, 0) is 19.2 Å². The van der Waals surface area contributed by atoms with E-state index < -0.39 is 5.41 Å². The first-order valence-corrected chi connectivity index (χ1v) is 4.39. The number of isocyanates is 4. The zero-order chi connectivity index (χ0) is 13.0. The lowest BCUT2D eigenvalue weighted by Crippen LogP contribution is -2.35. The fraction of sp³-hybridized carbons (Fsp3) is 0.556. The van der Waals surface area contributed by atoms with Crippen LogP contribution in [0.15, 0.2) is 20.0 Å². The molecule has 0 spiro atoms. The standard InChI is InChI=1S/C9H8N4O4/c14-5-10-1-9(2-11-6-15,3-12-7-16)4-13-8-17/h1-4H2. The van der Waals surface area contributed by atoms with Crippen molar-refractivity contribution in [3.63, 3.8) is 0 Å². The van der Waals surface area contributed by atoms with Gasteiger partial charge in [-0.3, -0.25) is 0 Å². The van der Waals surface area contributed by atoms with Crippen LogP contribution in [0.25, 0.3) is 0 Å². The van der Waals surface area contributed by atoms with Gasteiger partial charge in [0.1, 0.15) is 0 Å². The molecular weight excluding hydrogens is 228 g/mol. The van der Waals surface area contributed by atoms with Crippen molar-refractivity contribution in [1.82, 2.24) is 0 Å². The molecule has 0 N–H and O–H groups in total. The first kappa shape index (κ1) is 14.5. The van der Waals surface area contributed by atoms with Gasteiger partial charge in [-0.15, -0.1) is 0 Å². The Kier molecular flexibility index (Phi) is 7.51. The van der Waals surface area contributed by atoms with Gasteiger partial charge in [-0.2, -0.15) is 0 Å². The Morgan fingerprint density at radius 3 is 1.00 bits per heavy atom. The topological polar surface area (TPSA) is 118 Å². The molecule has 17 heavy (non-hydrogen) atoms. The molecule has 0 radical (unpaired) electrons. The maximum atomic E-state index is 10.1. The van der Waals surface area contributed by atoms with E-state index in [9.17, 15) is 19.2 Å². The molecule has 8 heteroatoms. The molecule has 0 aromatic carbocycles. The van der Waals surface area contributed by atoms with E-state index >= 15 is 0 Å². The summed E-state index contributed by atoms with van der Waals surface area (Å²) in [5.74, 6) is 0. The van der Waals surface area contributed by atoms with Crippen LogP contribution in [0.3, 0.4) is 0 Å². The smallest absolute Gasteiger partial charge is 0.211 e. The summed E-state index contributed by atoms with van der Waals surface area (Å²) >= 11 is 0. The molecule has 0 unspecified atom stereocenters. The minimum absolute atomic E-state index is 0.127. The molecule has 0 aliphatic carbocycles. The molecule has 0 saturated carbocycles. The minimum Gasteiger partial charge on any atom is -0.211 e. The summed E-state index contributed by atoms with van der Waals surface area (Å²) in [6.07, 6.45) is 5.23. The molecule has 0 aliphatic rings. The number of hydrogen-bond acceptors (Lipinski definition) is 8. The highest BCUT2D eigenvalue weighted by molar-refractivity contribution is 5.36. The van der Waals surface area contributed by atoms with Gasteiger partial charge in [-0.25, -0.2) is 39.1 Å². The van der Waals surface area contributed by atoms with E-state index in [1.54, 1.807) is 0 Å². The Morgan fingerprint density at radius 2 is 0.824 bits per heavy atom. The van der Waals surface area contributed by atoms with Gasteiger partial charge < -0.3 is 0 Å². The van der Waals surface area contributed by atoms with E-state index in [2.05, 4.69) is 20.0 Å². The fourth-order valence-corrected chi connectivity index (χ4v) is 1.10. The van der Waals surface area contributed by atoms with Crippen LogP contribution in [0.1, 0.15) is 0 Å². The van der Waals surface area contributed by atoms with Crippen molar-refractivity contribution in [2.45, 2.75) is 0 Å². The number of rotatable bonds is 8. The zero-order valence-electron chi connectivity index (χ0n) is 8.75. The van der Waals surface area contributed by atoms with Crippen molar-refractivity contribution >= 4 is 24.3 Å². The summed E-state index contributed by atoms with van der Waals surface area (Å²) < 4.78 is 0. The van der Waals surface area contributed by atoms with Gasteiger partial charge in [0.2, 0.25) is 24.3 Å². The Hall–Kier alpha value is -2.48. The number of hydrogen-bond donors (Lipinski definition) is 0. The number of nitrogens with zero attached hydrogens (tertiary/aromatic N) is 4. The average Bonchev–Trinajstić information content (AvgIpc) is 2.37. The monoisotopic (exact) mass is 236 g/mol. The number of aliphatic imine (C=N–C) groups is 4. The second-order valence-corrected chi connectivity index (χ2v) is 3.13. The Bertz CT molecular complexity index is 350. The van der Waals surface area contributed by atoms with Crippen molar-refractivity contribution in [1.29, 1.82) is 0 Å². The van der Waals surface area contributed by atoms with E-state index in [0.717, 1.165) is 0 Å². The van der Waals surface area contributed by atoms with Crippen LogP contribution < -0.4 is 0 Å². The van der Waals surface area contributed by atoms with Crippen LogP contribution in [-0.4, -0.2) is 50.5 Å². The van der Waals surface area contributed by atoms with Crippen LogP contribution in [0.5, 0.6) is 0 Å². The van der Waals surface area contributed by atoms with Crippen molar-refractivity contribution < 1.29 is 19.2 Å². The summed E-state index contributed by atoms with van der Waals surface area (Å²) in [7, 11) is 0. The van der Waals surface area contributed by atoms with Gasteiger partial charge >= 0.3 is 0 Å². The molecule has 0 aromatic heterocycles. The summed E-state index contributed by atoms with van der Waals surface area (Å²) in [5.41, 5.74) is -1.01. The van der Waals surface area contributed by atoms with E-state index in [1.807, 2.05) is 0 Å². The molecule has 0 fully saturated rings. The third-order valence-electron chi connectivity index (χ3n) is 1.92. The van der Waals surface area contributed by atoms with Crippen LogP contribution in [0, 0.1) is 5.41 Å². The molecule has 0 heterocycles. The molecule has 0 amide bonds. The molecule has 0 atom stereocenters. The van der Waals surface area contributed by atoms with E-state index in [-0.39, 0.29) is 26.2 Å². The zero-order valence-corrected chi connectivity index (χ0v) is 8.75. The third kappa shape index (κ3) is 5.85. The quantitative estimate of drug-likeness (QED) is 0.409. The lowest BCUT2D eigenvalue weighted by Gasteiger charge is -2.24. The lowest BCUT2D eigenvalue weighted by atomic mass is 9.88. The Morgan fingerprint density at radius 1 is 0.588 bits per heavy atom. The predicted molar refractivity (Wildman–Crippen MR) is 54.4 cm³/mol. The molecule has 0 saturated heterocycles. The van der Waals surface area contributed by atoms with Crippen molar-refractivity contribution in [3.8, 4) is 0 Å². The first-order chi connectivity index (χ1) is 8.24. The second-order valence-electron chi connectivity index (χ2n) is 3.13.